The molecule has 0 heterocycles. The van der Waals surface area contributed by atoms with Crippen molar-refractivity contribution in [3.63, 3.8) is 0 Å². The molecular weight excluding hydrogens is 216 g/mol. The second kappa shape index (κ2) is 6.82. The maximum absolute atomic E-state index is 9.99. The van der Waals surface area contributed by atoms with E-state index in [1.165, 1.54) is 0 Å². The molecule has 1 rings (SSSR count). The zero-order chi connectivity index (χ0) is 6.69. The number of hydrogen-bond donors (Lipinski definition) is 0. The van der Waals surface area contributed by atoms with E-state index >= 15 is 0 Å². The Balaban J connectivity index is 0. The summed E-state index contributed by atoms with van der Waals surface area (Å²) in [6, 6.07) is 7.28. The minimum atomic E-state index is 0. The van der Waals surface area contributed by atoms with E-state index in [9.17, 15) is 4.79 Å². The first-order chi connectivity index (χ1) is 4.33. The van der Waals surface area contributed by atoms with Crippen LogP contribution in [-0.2, 0) is 4.79 Å². The normalized spacial score (nSPS) is 7.36. The van der Waals surface area contributed by atoms with E-state index in [0.29, 0.717) is 5.56 Å². The standard InChI is InChI=1S/C8H7O.BrH.Mg/c1-7-2-4-8(6-9)5-3-7;;/h2-5H,1H3;1H;/q-1;;+2/p-1. The summed E-state index contributed by atoms with van der Waals surface area (Å²) in [4.78, 5) is 9.99. The van der Waals surface area contributed by atoms with Gasteiger partial charge in [-0.3, -0.25) is 0 Å². The van der Waals surface area contributed by atoms with Crippen LogP contribution in [0.1, 0.15) is 11.1 Å². The van der Waals surface area contributed by atoms with Crippen LogP contribution in [0.4, 0.5) is 0 Å². The van der Waals surface area contributed by atoms with Crippen LogP contribution in [0.2, 0.25) is 0 Å². The number of halogens is 1. The molecule has 0 saturated heterocycles. The Labute approximate surface area is 93.1 Å². The summed E-state index contributed by atoms with van der Waals surface area (Å²) in [5.41, 5.74) is 1.77. The van der Waals surface area contributed by atoms with Crippen LogP contribution in [0.25, 0.3) is 0 Å². The van der Waals surface area contributed by atoms with Gasteiger partial charge >= 0.3 is 23.1 Å². The minimum Gasteiger partial charge on any atom is -1.00 e. The van der Waals surface area contributed by atoms with Gasteiger partial charge in [0.1, 0.15) is 0 Å². The molecule has 0 aliphatic rings. The Morgan fingerprint density at radius 1 is 1.18 bits per heavy atom. The van der Waals surface area contributed by atoms with Gasteiger partial charge in [-0.1, -0.05) is 5.56 Å². The van der Waals surface area contributed by atoms with Crippen molar-refractivity contribution >= 4 is 29.3 Å². The Bertz CT molecular complexity index is 208. The summed E-state index contributed by atoms with van der Waals surface area (Å²) < 4.78 is 0. The second-order valence-corrected chi connectivity index (χ2v) is 1.97. The number of benzene rings is 1. The molecule has 0 atom stereocenters. The third-order valence-electron chi connectivity index (χ3n) is 1.17. The Kier molecular flexibility index (Phi) is 8.50. The summed E-state index contributed by atoms with van der Waals surface area (Å²) in [5, 5.41) is 0. The molecule has 0 fully saturated rings. The number of aryl methyl sites for hydroxylation is 1. The number of carbonyl (C=O) groups excluding carboxylic acids is 1. The summed E-state index contributed by atoms with van der Waals surface area (Å²) in [6.45, 7) is 1.98. The van der Waals surface area contributed by atoms with Crippen LogP contribution in [0.5, 0.6) is 0 Å². The summed E-state index contributed by atoms with van der Waals surface area (Å²) in [5.74, 6) is 0. The van der Waals surface area contributed by atoms with Gasteiger partial charge < -0.3 is 21.8 Å². The minimum absolute atomic E-state index is 0. The van der Waals surface area contributed by atoms with Crippen molar-refractivity contribution in [2.24, 2.45) is 0 Å². The molecule has 0 radical (unpaired) electrons. The van der Waals surface area contributed by atoms with Crippen LogP contribution in [-0.4, -0.2) is 29.3 Å². The van der Waals surface area contributed by atoms with Crippen LogP contribution >= 0.6 is 0 Å². The third kappa shape index (κ3) is 4.56. The van der Waals surface area contributed by atoms with E-state index in [1.54, 1.807) is 18.4 Å². The maximum Gasteiger partial charge on any atom is 2.00 e. The van der Waals surface area contributed by atoms with Gasteiger partial charge in [0, 0.05) is 0 Å². The molecule has 0 amide bonds. The summed E-state index contributed by atoms with van der Waals surface area (Å²) >= 11 is 0. The van der Waals surface area contributed by atoms with Crippen molar-refractivity contribution < 1.29 is 21.8 Å². The van der Waals surface area contributed by atoms with Crippen LogP contribution in [0.15, 0.2) is 24.3 Å². The molecule has 0 saturated carbocycles. The Morgan fingerprint density at radius 2 is 1.64 bits per heavy atom. The van der Waals surface area contributed by atoms with E-state index in [1.807, 2.05) is 19.1 Å². The molecule has 54 valence electrons. The molecule has 1 aromatic carbocycles. The van der Waals surface area contributed by atoms with Gasteiger partial charge in [0.05, 0.1) is 6.29 Å². The van der Waals surface area contributed by atoms with Gasteiger partial charge in [0.2, 0.25) is 0 Å². The molecule has 1 aromatic rings. The molecule has 0 bridgehead atoms. The van der Waals surface area contributed by atoms with Gasteiger partial charge in [-0.15, -0.1) is 12.1 Å². The molecule has 0 N–H and O–H groups in total. The fraction of sp³-hybridized carbons (Fsp3) is 0.125. The van der Waals surface area contributed by atoms with Crippen molar-refractivity contribution in [3.05, 3.63) is 35.4 Å². The van der Waals surface area contributed by atoms with E-state index in [4.69, 9.17) is 0 Å². The van der Waals surface area contributed by atoms with Crippen molar-refractivity contribution in [2.75, 3.05) is 0 Å². The SMILES string of the molecule is Cc1ccc([C-]=O)cc1.[Br-].[Mg+2]. The smallest absolute Gasteiger partial charge is 1.00 e. The Hall–Kier alpha value is 0.136. The molecule has 0 aliphatic heterocycles. The fourth-order valence-corrected chi connectivity index (χ4v) is 0.622. The Morgan fingerprint density at radius 3 is 2.00 bits per heavy atom. The molecule has 1 nitrogen and oxygen atoms in total. The molecule has 3 heteroatoms. The monoisotopic (exact) mass is 222 g/mol. The van der Waals surface area contributed by atoms with Gasteiger partial charge in [0.15, 0.2) is 0 Å². The topological polar surface area (TPSA) is 17.1 Å². The van der Waals surface area contributed by atoms with Crippen molar-refractivity contribution in [3.8, 4) is 0 Å². The first-order valence-corrected chi connectivity index (χ1v) is 2.78. The van der Waals surface area contributed by atoms with Crippen molar-refractivity contribution in [2.45, 2.75) is 6.92 Å². The van der Waals surface area contributed by atoms with Crippen molar-refractivity contribution in [1.29, 1.82) is 0 Å². The third-order valence-corrected chi connectivity index (χ3v) is 1.17. The summed E-state index contributed by atoms with van der Waals surface area (Å²) in [7, 11) is 0. The van der Waals surface area contributed by atoms with Crippen LogP contribution in [0.3, 0.4) is 0 Å². The fourth-order valence-electron chi connectivity index (χ4n) is 0.622. The van der Waals surface area contributed by atoms with E-state index in [2.05, 4.69) is 0 Å². The molecule has 0 unspecified atom stereocenters. The zero-order valence-corrected chi connectivity index (χ0v) is 9.30. The van der Waals surface area contributed by atoms with Gasteiger partial charge in [-0.05, 0) is 6.92 Å². The average Bonchev–Trinajstić information content (AvgIpc) is 1.90. The number of rotatable bonds is 1. The summed E-state index contributed by atoms with van der Waals surface area (Å²) in [6.07, 6.45) is 1.80. The maximum atomic E-state index is 9.99. The van der Waals surface area contributed by atoms with Crippen LogP contribution < -0.4 is 17.0 Å². The quantitative estimate of drug-likeness (QED) is 0.401. The predicted molar refractivity (Wildman–Crippen MR) is 41.7 cm³/mol. The first kappa shape index (κ1) is 13.7. The van der Waals surface area contributed by atoms with Crippen LogP contribution in [0, 0.1) is 6.92 Å². The molecule has 0 spiro atoms. The largest absolute Gasteiger partial charge is 2.00 e. The van der Waals surface area contributed by atoms with E-state index in [-0.39, 0.29) is 40.0 Å². The molecule has 11 heavy (non-hydrogen) atoms. The average molecular weight is 223 g/mol. The second-order valence-electron chi connectivity index (χ2n) is 1.97. The van der Waals surface area contributed by atoms with Gasteiger partial charge in [-0.25, -0.2) is 0 Å². The van der Waals surface area contributed by atoms with Crippen molar-refractivity contribution in [1.82, 2.24) is 0 Å². The zero-order valence-electron chi connectivity index (χ0n) is 6.30. The van der Waals surface area contributed by atoms with Gasteiger partial charge in [-0.2, -0.15) is 17.7 Å². The van der Waals surface area contributed by atoms with Gasteiger partial charge in [0.25, 0.3) is 0 Å². The number of hydrogen-bond acceptors (Lipinski definition) is 1. The van der Waals surface area contributed by atoms with E-state index < -0.39 is 0 Å². The molecule has 0 aliphatic carbocycles. The first-order valence-electron chi connectivity index (χ1n) is 2.78. The molecular formula is C8H7BrMgO. The molecule has 0 aromatic heterocycles. The van der Waals surface area contributed by atoms with E-state index in [0.717, 1.165) is 5.56 Å². The predicted octanol–water partition coefficient (Wildman–Crippen LogP) is -1.92.